The quantitative estimate of drug-likeness (QED) is 0.727. The van der Waals surface area contributed by atoms with Gasteiger partial charge in [-0.25, -0.2) is 0 Å². The zero-order valence-electron chi connectivity index (χ0n) is 12.5. The van der Waals surface area contributed by atoms with E-state index in [0.29, 0.717) is 6.54 Å². The van der Waals surface area contributed by atoms with E-state index in [1.807, 2.05) is 13.8 Å². The summed E-state index contributed by atoms with van der Waals surface area (Å²) < 4.78 is 1.52. The number of hydrogen-bond donors (Lipinski definition) is 1. The van der Waals surface area contributed by atoms with Gasteiger partial charge in [0.25, 0.3) is 5.56 Å². The fourth-order valence-electron chi connectivity index (χ4n) is 2.50. The summed E-state index contributed by atoms with van der Waals surface area (Å²) in [7, 11) is 0. The zero-order chi connectivity index (χ0) is 14.3. The molecule has 0 unspecified atom stereocenters. The summed E-state index contributed by atoms with van der Waals surface area (Å²) in [6.07, 6.45) is 7.87. The molecule has 0 saturated heterocycles. The SMILES string of the molecule is CCCCCCCCn1c(O)c(CC)c(C)cc1=O. The first-order valence-corrected chi connectivity index (χ1v) is 7.54. The Bertz CT molecular complexity index is 449. The van der Waals surface area contributed by atoms with Crippen LogP contribution < -0.4 is 5.56 Å². The number of aryl methyl sites for hydroxylation is 1. The van der Waals surface area contributed by atoms with Crippen molar-refractivity contribution in [2.45, 2.75) is 72.3 Å². The van der Waals surface area contributed by atoms with Crippen LogP contribution in [-0.2, 0) is 13.0 Å². The van der Waals surface area contributed by atoms with Crippen molar-refractivity contribution >= 4 is 0 Å². The molecule has 19 heavy (non-hydrogen) atoms. The molecule has 0 aliphatic rings. The molecule has 0 aliphatic carbocycles. The number of pyridine rings is 1. The Labute approximate surface area is 116 Å². The Kier molecular flexibility index (Phi) is 6.68. The molecule has 0 atom stereocenters. The van der Waals surface area contributed by atoms with Crippen LogP contribution in [-0.4, -0.2) is 9.67 Å². The normalized spacial score (nSPS) is 10.9. The van der Waals surface area contributed by atoms with E-state index < -0.39 is 0 Å². The van der Waals surface area contributed by atoms with E-state index in [1.165, 1.54) is 30.3 Å². The number of aromatic hydroxyl groups is 1. The smallest absolute Gasteiger partial charge is 0.253 e. The highest BCUT2D eigenvalue weighted by molar-refractivity contribution is 5.33. The van der Waals surface area contributed by atoms with Gasteiger partial charge in [0.15, 0.2) is 5.88 Å². The molecule has 0 amide bonds. The summed E-state index contributed by atoms with van der Waals surface area (Å²) in [6.45, 7) is 6.72. The van der Waals surface area contributed by atoms with Crippen LogP contribution in [0.3, 0.4) is 0 Å². The van der Waals surface area contributed by atoms with Gasteiger partial charge in [-0.3, -0.25) is 9.36 Å². The maximum atomic E-state index is 11.9. The second kappa shape index (κ2) is 8.03. The molecule has 0 fully saturated rings. The molecule has 0 bridgehead atoms. The van der Waals surface area contributed by atoms with Crippen LogP contribution in [0.15, 0.2) is 10.9 Å². The van der Waals surface area contributed by atoms with Gasteiger partial charge >= 0.3 is 0 Å². The van der Waals surface area contributed by atoms with Gasteiger partial charge in [0.1, 0.15) is 0 Å². The summed E-state index contributed by atoms with van der Waals surface area (Å²) in [5, 5.41) is 10.2. The van der Waals surface area contributed by atoms with Gasteiger partial charge < -0.3 is 5.11 Å². The lowest BCUT2D eigenvalue weighted by Gasteiger charge is -2.13. The first kappa shape index (κ1) is 15.8. The minimum atomic E-state index is -0.0826. The minimum absolute atomic E-state index is 0.0826. The third kappa shape index (κ3) is 4.41. The van der Waals surface area contributed by atoms with Gasteiger partial charge in [0.05, 0.1) is 0 Å². The van der Waals surface area contributed by atoms with Crippen molar-refractivity contribution in [3.8, 4) is 5.88 Å². The van der Waals surface area contributed by atoms with E-state index >= 15 is 0 Å². The minimum Gasteiger partial charge on any atom is -0.494 e. The number of aromatic nitrogens is 1. The average Bonchev–Trinajstić information content (AvgIpc) is 2.37. The molecule has 1 rings (SSSR count). The van der Waals surface area contributed by atoms with Crippen LogP contribution in [0, 0.1) is 6.92 Å². The summed E-state index contributed by atoms with van der Waals surface area (Å²) in [6, 6.07) is 1.63. The van der Waals surface area contributed by atoms with Gasteiger partial charge in [-0.15, -0.1) is 0 Å². The Morgan fingerprint density at radius 1 is 1.11 bits per heavy atom. The van der Waals surface area contributed by atoms with E-state index in [9.17, 15) is 9.90 Å². The monoisotopic (exact) mass is 265 g/mol. The zero-order valence-corrected chi connectivity index (χ0v) is 12.5. The molecule has 3 heteroatoms. The van der Waals surface area contributed by atoms with Crippen molar-refractivity contribution in [2.24, 2.45) is 0 Å². The van der Waals surface area contributed by atoms with Crippen molar-refractivity contribution < 1.29 is 5.11 Å². The molecule has 1 heterocycles. The fraction of sp³-hybridized carbons (Fsp3) is 0.688. The van der Waals surface area contributed by atoms with Crippen LogP contribution in [0.2, 0.25) is 0 Å². The van der Waals surface area contributed by atoms with Crippen molar-refractivity contribution in [3.05, 3.63) is 27.5 Å². The van der Waals surface area contributed by atoms with Crippen LogP contribution in [0.5, 0.6) is 5.88 Å². The van der Waals surface area contributed by atoms with Crippen LogP contribution in [0.1, 0.15) is 63.5 Å². The third-order valence-electron chi connectivity index (χ3n) is 3.70. The van der Waals surface area contributed by atoms with Gasteiger partial charge in [0.2, 0.25) is 0 Å². The molecule has 1 aromatic heterocycles. The van der Waals surface area contributed by atoms with Gasteiger partial charge in [0, 0.05) is 18.2 Å². The predicted octanol–water partition coefficient (Wildman–Crippen LogP) is 3.79. The molecule has 1 N–H and O–H groups in total. The van der Waals surface area contributed by atoms with Crippen molar-refractivity contribution in [1.82, 2.24) is 4.57 Å². The van der Waals surface area contributed by atoms with Crippen LogP contribution >= 0.6 is 0 Å². The lowest BCUT2D eigenvalue weighted by molar-refractivity contribution is 0.392. The second-order valence-corrected chi connectivity index (χ2v) is 5.24. The van der Waals surface area contributed by atoms with E-state index in [4.69, 9.17) is 0 Å². The molecule has 0 aliphatic heterocycles. The number of nitrogens with zero attached hydrogens (tertiary/aromatic N) is 1. The molecule has 108 valence electrons. The maximum absolute atomic E-state index is 11.9. The molecular formula is C16H27NO2. The van der Waals surface area contributed by atoms with Gasteiger partial charge in [-0.2, -0.15) is 0 Å². The fourth-order valence-corrected chi connectivity index (χ4v) is 2.50. The van der Waals surface area contributed by atoms with E-state index in [2.05, 4.69) is 6.92 Å². The van der Waals surface area contributed by atoms with Crippen molar-refractivity contribution in [3.63, 3.8) is 0 Å². The van der Waals surface area contributed by atoms with Crippen molar-refractivity contribution in [2.75, 3.05) is 0 Å². The van der Waals surface area contributed by atoms with E-state index in [1.54, 1.807) is 6.07 Å². The predicted molar refractivity (Wildman–Crippen MR) is 79.9 cm³/mol. The summed E-state index contributed by atoms with van der Waals surface area (Å²) in [5.41, 5.74) is 1.70. The first-order valence-electron chi connectivity index (χ1n) is 7.54. The summed E-state index contributed by atoms with van der Waals surface area (Å²) >= 11 is 0. The Hall–Kier alpha value is -1.25. The van der Waals surface area contributed by atoms with E-state index in [0.717, 1.165) is 30.4 Å². The summed E-state index contributed by atoms with van der Waals surface area (Å²) in [4.78, 5) is 11.9. The molecule has 0 radical (unpaired) electrons. The van der Waals surface area contributed by atoms with Gasteiger partial charge in [-0.1, -0.05) is 46.0 Å². The lowest BCUT2D eigenvalue weighted by Crippen LogP contribution is -2.21. The highest BCUT2D eigenvalue weighted by atomic mass is 16.3. The van der Waals surface area contributed by atoms with Gasteiger partial charge in [-0.05, 0) is 25.3 Å². The average molecular weight is 265 g/mol. The lowest BCUT2D eigenvalue weighted by atomic mass is 10.1. The highest BCUT2D eigenvalue weighted by Gasteiger charge is 2.10. The molecule has 1 aromatic rings. The Morgan fingerprint density at radius 2 is 1.74 bits per heavy atom. The molecule has 0 spiro atoms. The summed E-state index contributed by atoms with van der Waals surface area (Å²) in [5.74, 6) is 0.168. The molecule has 0 saturated carbocycles. The maximum Gasteiger partial charge on any atom is 0.253 e. The first-order chi connectivity index (χ1) is 9.11. The van der Waals surface area contributed by atoms with E-state index in [-0.39, 0.29) is 11.4 Å². The second-order valence-electron chi connectivity index (χ2n) is 5.24. The standard InChI is InChI=1S/C16H27NO2/c1-4-6-7-8-9-10-11-17-15(18)12-13(3)14(5-2)16(17)19/h12,19H,4-11H2,1-3H3. The van der Waals surface area contributed by atoms with Crippen LogP contribution in [0.25, 0.3) is 0 Å². The van der Waals surface area contributed by atoms with Crippen LogP contribution in [0.4, 0.5) is 0 Å². The third-order valence-corrected chi connectivity index (χ3v) is 3.70. The molecular weight excluding hydrogens is 238 g/mol. The molecule has 3 nitrogen and oxygen atoms in total. The number of hydrogen-bond acceptors (Lipinski definition) is 2. The number of rotatable bonds is 8. The largest absolute Gasteiger partial charge is 0.494 e. The number of unbranched alkanes of at least 4 members (excludes halogenated alkanes) is 5. The Morgan fingerprint density at radius 3 is 2.37 bits per heavy atom. The Balaban J connectivity index is 2.61. The highest BCUT2D eigenvalue weighted by Crippen LogP contribution is 2.19. The molecule has 0 aromatic carbocycles. The van der Waals surface area contributed by atoms with Crippen molar-refractivity contribution in [1.29, 1.82) is 0 Å². The topological polar surface area (TPSA) is 42.2 Å².